The van der Waals surface area contributed by atoms with Gasteiger partial charge in [0.15, 0.2) is 6.29 Å². The summed E-state index contributed by atoms with van der Waals surface area (Å²) in [4.78, 5) is 10.9. The van der Waals surface area contributed by atoms with E-state index in [0.717, 1.165) is 23.2 Å². The minimum atomic E-state index is 0.513. The van der Waals surface area contributed by atoms with Gasteiger partial charge in [0, 0.05) is 6.54 Å². The molecule has 0 unspecified atom stereocenters. The Hall–Kier alpha value is -1.94. The summed E-state index contributed by atoms with van der Waals surface area (Å²) in [5.74, 6) is 0. The lowest BCUT2D eigenvalue weighted by Gasteiger charge is -2.04. The second kappa shape index (κ2) is 4.28. The van der Waals surface area contributed by atoms with Gasteiger partial charge in [-0.1, -0.05) is 12.1 Å². The maximum atomic E-state index is 10.9. The molecule has 4 heteroatoms. The Bertz CT molecular complexity index is 499. The average Bonchev–Trinajstić information content (AvgIpc) is 2.70. The molecular formula is C12H13N3O. The number of aldehydes is 1. The van der Waals surface area contributed by atoms with Crippen LogP contribution in [0.5, 0.6) is 0 Å². The normalized spacial score (nSPS) is 10.4. The molecule has 0 atom stereocenters. The number of aromatic nitrogens is 2. The van der Waals surface area contributed by atoms with Crippen LogP contribution >= 0.6 is 0 Å². The predicted molar refractivity (Wildman–Crippen MR) is 61.6 cm³/mol. The van der Waals surface area contributed by atoms with Gasteiger partial charge in [0.25, 0.3) is 0 Å². The van der Waals surface area contributed by atoms with E-state index in [1.54, 1.807) is 10.7 Å². The van der Waals surface area contributed by atoms with Crippen LogP contribution in [0.4, 0.5) is 0 Å². The lowest BCUT2D eigenvalue weighted by Crippen LogP contribution is -2.02. The van der Waals surface area contributed by atoms with E-state index in [1.165, 1.54) is 0 Å². The smallest absolute Gasteiger partial charge is 0.168 e. The van der Waals surface area contributed by atoms with Crippen molar-refractivity contribution in [1.29, 1.82) is 0 Å². The first-order chi connectivity index (χ1) is 7.74. The van der Waals surface area contributed by atoms with Crippen LogP contribution in [0.1, 0.15) is 21.7 Å². The van der Waals surface area contributed by atoms with E-state index in [1.807, 2.05) is 31.2 Å². The zero-order valence-electron chi connectivity index (χ0n) is 9.05. The summed E-state index contributed by atoms with van der Waals surface area (Å²) < 4.78 is 1.63. The molecule has 0 aliphatic carbocycles. The second-order valence-corrected chi connectivity index (χ2v) is 3.61. The van der Waals surface area contributed by atoms with Crippen molar-refractivity contribution in [3.63, 3.8) is 0 Å². The fourth-order valence-corrected chi connectivity index (χ4v) is 1.58. The fraction of sp³-hybridized carbons (Fsp3) is 0.167. The van der Waals surface area contributed by atoms with Gasteiger partial charge in [0.1, 0.15) is 5.69 Å². The molecule has 2 N–H and O–H groups in total. The van der Waals surface area contributed by atoms with E-state index in [9.17, 15) is 4.79 Å². The Balaban J connectivity index is 2.45. The van der Waals surface area contributed by atoms with Gasteiger partial charge in [-0.2, -0.15) is 5.10 Å². The first kappa shape index (κ1) is 10.6. The molecule has 0 bridgehead atoms. The van der Waals surface area contributed by atoms with Gasteiger partial charge in [0.05, 0.1) is 11.4 Å². The van der Waals surface area contributed by atoms with Gasteiger partial charge in [-0.25, -0.2) is 4.68 Å². The maximum absolute atomic E-state index is 10.9. The summed E-state index contributed by atoms with van der Waals surface area (Å²) in [5.41, 5.74) is 8.82. The fourth-order valence-electron chi connectivity index (χ4n) is 1.58. The topological polar surface area (TPSA) is 60.9 Å². The molecule has 0 aliphatic heterocycles. The molecule has 2 aromatic rings. The molecule has 1 aromatic carbocycles. The van der Waals surface area contributed by atoms with Crippen LogP contribution in [0.3, 0.4) is 0 Å². The maximum Gasteiger partial charge on any atom is 0.168 e. The molecule has 82 valence electrons. The molecule has 16 heavy (non-hydrogen) atoms. The van der Waals surface area contributed by atoms with E-state index >= 15 is 0 Å². The van der Waals surface area contributed by atoms with Crippen molar-refractivity contribution in [1.82, 2.24) is 9.78 Å². The Morgan fingerprint density at radius 1 is 1.38 bits per heavy atom. The summed E-state index contributed by atoms with van der Waals surface area (Å²) in [6.45, 7) is 2.37. The molecule has 0 amide bonds. The van der Waals surface area contributed by atoms with E-state index in [0.29, 0.717) is 12.2 Å². The number of nitrogens with zero attached hydrogens (tertiary/aromatic N) is 2. The van der Waals surface area contributed by atoms with Crippen LogP contribution in [-0.2, 0) is 6.54 Å². The molecular weight excluding hydrogens is 202 g/mol. The Morgan fingerprint density at radius 3 is 2.62 bits per heavy atom. The van der Waals surface area contributed by atoms with Gasteiger partial charge in [-0.05, 0) is 30.7 Å². The largest absolute Gasteiger partial charge is 0.326 e. The summed E-state index contributed by atoms with van der Waals surface area (Å²) in [7, 11) is 0. The number of carbonyl (C=O) groups is 1. The number of carbonyl (C=O) groups excluding carboxylic acids is 1. The van der Waals surface area contributed by atoms with Crippen molar-refractivity contribution in [2.45, 2.75) is 13.5 Å². The number of rotatable bonds is 3. The molecule has 0 fully saturated rings. The summed E-state index contributed by atoms with van der Waals surface area (Å²) in [6.07, 6.45) is 0.802. The van der Waals surface area contributed by atoms with Gasteiger partial charge >= 0.3 is 0 Å². The highest BCUT2D eigenvalue weighted by atomic mass is 16.1. The molecule has 1 heterocycles. The lowest BCUT2D eigenvalue weighted by molar-refractivity contribution is 0.111. The molecule has 0 spiro atoms. The SMILES string of the molecule is Cc1cc(C=O)n(-c2ccc(CN)cc2)n1. The quantitative estimate of drug-likeness (QED) is 0.788. The van der Waals surface area contributed by atoms with Crippen molar-refractivity contribution >= 4 is 6.29 Å². The standard InChI is InChI=1S/C12H13N3O/c1-9-6-12(8-16)15(14-9)11-4-2-10(7-13)3-5-11/h2-6,8H,7,13H2,1H3. The van der Waals surface area contributed by atoms with Gasteiger partial charge in [-0.15, -0.1) is 0 Å². The van der Waals surface area contributed by atoms with Gasteiger partial charge in [-0.3, -0.25) is 4.79 Å². The van der Waals surface area contributed by atoms with E-state index in [4.69, 9.17) is 5.73 Å². The minimum Gasteiger partial charge on any atom is -0.326 e. The molecule has 4 nitrogen and oxygen atoms in total. The van der Waals surface area contributed by atoms with Crippen LogP contribution in [0, 0.1) is 6.92 Å². The van der Waals surface area contributed by atoms with Crippen molar-refractivity contribution in [3.8, 4) is 5.69 Å². The average molecular weight is 215 g/mol. The van der Waals surface area contributed by atoms with E-state index in [-0.39, 0.29) is 0 Å². The van der Waals surface area contributed by atoms with Crippen LogP contribution in [0.15, 0.2) is 30.3 Å². The van der Waals surface area contributed by atoms with Crippen LogP contribution in [0.25, 0.3) is 5.69 Å². The molecule has 0 radical (unpaired) electrons. The minimum absolute atomic E-state index is 0.513. The summed E-state index contributed by atoms with van der Waals surface area (Å²) in [5, 5.41) is 4.26. The Kier molecular flexibility index (Phi) is 2.83. The molecule has 0 saturated carbocycles. The lowest BCUT2D eigenvalue weighted by atomic mass is 10.2. The monoisotopic (exact) mass is 215 g/mol. The first-order valence-corrected chi connectivity index (χ1v) is 5.06. The predicted octanol–water partition coefficient (Wildman–Crippen LogP) is 1.45. The zero-order valence-corrected chi connectivity index (χ0v) is 9.05. The van der Waals surface area contributed by atoms with Crippen molar-refractivity contribution in [2.75, 3.05) is 0 Å². The Morgan fingerprint density at radius 2 is 2.06 bits per heavy atom. The van der Waals surface area contributed by atoms with E-state index in [2.05, 4.69) is 5.10 Å². The third-order valence-electron chi connectivity index (χ3n) is 2.40. The number of nitrogens with two attached hydrogens (primary N) is 1. The van der Waals surface area contributed by atoms with E-state index < -0.39 is 0 Å². The Labute approximate surface area is 93.7 Å². The zero-order chi connectivity index (χ0) is 11.5. The molecule has 2 rings (SSSR count). The number of benzene rings is 1. The highest BCUT2D eigenvalue weighted by Crippen LogP contribution is 2.12. The highest BCUT2D eigenvalue weighted by molar-refractivity contribution is 5.73. The number of aryl methyl sites for hydroxylation is 1. The molecule has 0 saturated heterocycles. The highest BCUT2D eigenvalue weighted by Gasteiger charge is 2.05. The second-order valence-electron chi connectivity index (χ2n) is 3.61. The van der Waals surface area contributed by atoms with Crippen LogP contribution in [0.2, 0.25) is 0 Å². The summed E-state index contributed by atoms with van der Waals surface area (Å²) >= 11 is 0. The van der Waals surface area contributed by atoms with Crippen molar-refractivity contribution in [3.05, 3.63) is 47.3 Å². The van der Waals surface area contributed by atoms with Gasteiger partial charge < -0.3 is 5.73 Å². The van der Waals surface area contributed by atoms with Crippen molar-refractivity contribution in [2.24, 2.45) is 5.73 Å². The van der Waals surface area contributed by atoms with Gasteiger partial charge in [0.2, 0.25) is 0 Å². The molecule has 0 aliphatic rings. The van der Waals surface area contributed by atoms with Crippen LogP contribution < -0.4 is 5.73 Å². The van der Waals surface area contributed by atoms with Crippen LogP contribution in [-0.4, -0.2) is 16.1 Å². The number of hydrogen-bond acceptors (Lipinski definition) is 3. The van der Waals surface area contributed by atoms with Crippen molar-refractivity contribution < 1.29 is 4.79 Å². The third kappa shape index (κ3) is 1.87. The third-order valence-corrected chi connectivity index (χ3v) is 2.40. The molecule has 1 aromatic heterocycles. The number of hydrogen-bond donors (Lipinski definition) is 1. The first-order valence-electron chi connectivity index (χ1n) is 5.06. The summed E-state index contributed by atoms with van der Waals surface area (Å²) in [6, 6.07) is 9.43.